The summed E-state index contributed by atoms with van der Waals surface area (Å²) >= 11 is 6.19. The Kier molecular flexibility index (Phi) is 5.54. The van der Waals surface area contributed by atoms with E-state index in [-0.39, 0.29) is 11.8 Å². The molecule has 0 unspecified atom stereocenters. The maximum absolute atomic E-state index is 13.6. The molecule has 0 atom stereocenters. The molecule has 0 aromatic heterocycles. The number of likely N-dealkylation sites (N-methyl/N-ethyl adjacent to an activating group) is 1. The number of hydrogen-bond acceptors (Lipinski definition) is 5. The lowest BCUT2D eigenvalue weighted by Gasteiger charge is -2.34. The number of carbonyl (C=O) groups excluding carboxylic acids is 2. The molecule has 0 bridgehead atoms. The summed E-state index contributed by atoms with van der Waals surface area (Å²) in [5.74, 6) is -0.289. The average Bonchev–Trinajstić information content (AvgIpc) is 2.99. The Balaban J connectivity index is 1.84. The van der Waals surface area contributed by atoms with Gasteiger partial charge in [-0.3, -0.25) is 9.59 Å². The fourth-order valence-corrected chi connectivity index (χ4v) is 4.05. The second kappa shape index (κ2) is 8.13. The molecule has 4 rings (SSSR count). The number of halogens is 1. The molecule has 156 valence electrons. The molecule has 1 fully saturated rings. The molecule has 1 saturated heterocycles. The van der Waals surface area contributed by atoms with Gasteiger partial charge in [0.1, 0.15) is 11.4 Å². The van der Waals surface area contributed by atoms with Crippen LogP contribution in [-0.2, 0) is 9.59 Å². The number of imide groups is 1. The van der Waals surface area contributed by atoms with Crippen LogP contribution in [0.5, 0.6) is 5.75 Å². The van der Waals surface area contributed by atoms with Gasteiger partial charge in [0, 0.05) is 31.2 Å². The summed E-state index contributed by atoms with van der Waals surface area (Å²) in [5, 5.41) is 0.427. The second-order valence-corrected chi connectivity index (χ2v) is 8.08. The zero-order chi connectivity index (χ0) is 21.4. The number of hydrogen-bond donors (Lipinski definition) is 0. The van der Waals surface area contributed by atoms with E-state index in [0.717, 1.165) is 24.2 Å². The maximum atomic E-state index is 13.6. The lowest BCUT2D eigenvalue weighted by Crippen LogP contribution is -2.46. The largest absolute Gasteiger partial charge is 0.495 e. The minimum Gasteiger partial charge on any atom is -0.495 e. The second-order valence-electron chi connectivity index (χ2n) is 7.64. The Bertz CT molecular complexity index is 1020. The van der Waals surface area contributed by atoms with E-state index in [1.807, 2.05) is 36.1 Å². The summed E-state index contributed by atoms with van der Waals surface area (Å²) in [6.45, 7) is 5.01. The van der Waals surface area contributed by atoms with Crippen molar-refractivity contribution in [2.24, 2.45) is 0 Å². The average molecular weight is 426 g/mol. The van der Waals surface area contributed by atoms with Crippen LogP contribution >= 0.6 is 11.6 Å². The van der Waals surface area contributed by atoms with E-state index in [2.05, 4.69) is 11.9 Å². The van der Waals surface area contributed by atoms with Gasteiger partial charge in [0.15, 0.2) is 0 Å². The van der Waals surface area contributed by atoms with Gasteiger partial charge in [0.25, 0.3) is 11.8 Å². The Morgan fingerprint density at radius 1 is 0.933 bits per heavy atom. The van der Waals surface area contributed by atoms with Crippen molar-refractivity contribution in [3.8, 4) is 5.75 Å². The zero-order valence-electron chi connectivity index (χ0n) is 17.3. The number of ether oxygens (including phenoxy) is 1. The number of benzene rings is 2. The highest BCUT2D eigenvalue weighted by Crippen LogP contribution is 2.40. The van der Waals surface area contributed by atoms with Crippen molar-refractivity contribution in [3.05, 3.63) is 64.3 Å². The molecule has 2 aromatic carbocycles. The summed E-state index contributed by atoms with van der Waals surface area (Å²) in [6, 6.07) is 12.6. The van der Waals surface area contributed by atoms with Gasteiger partial charge in [0.2, 0.25) is 0 Å². The SMILES string of the molecule is COc1ccc(Cl)cc1N1C(=O)C(c2ccc(C)cc2)=C(N2CCN(C)CC2)C1=O. The number of anilines is 1. The lowest BCUT2D eigenvalue weighted by molar-refractivity contribution is -0.120. The molecular formula is C23H24ClN3O3. The molecule has 0 radical (unpaired) electrons. The molecule has 30 heavy (non-hydrogen) atoms. The normalized spacial score (nSPS) is 17.9. The number of nitrogens with zero attached hydrogens (tertiary/aromatic N) is 3. The maximum Gasteiger partial charge on any atom is 0.282 e. The molecule has 2 heterocycles. The first-order valence-corrected chi connectivity index (χ1v) is 10.3. The van der Waals surface area contributed by atoms with Crippen LogP contribution in [0.3, 0.4) is 0 Å². The van der Waals surface area contributed by atoms with Gasteiger partial charge in [0.05, 0.1) is 18.4 Å². The quantitative estimate of drug-likeness (QED) is 0.704. The number of methoxy groups -OCH3 is 1. The third-order valence-electron chi connectivity index (χ3n) is 5.60. The monoisotopic (exact) mass is 425 g/mol. The van der Waals surface area contributed by atoms with E-state index >= 15 is 0 Å². The predicted molar refractivity (Wildman–Crippen MR) is 118 cm³/mol. The molecule has 0 spiro atoms. The van der Waals surface area contributed by atoms with Gasteiger partial charge in [-0.2, -0.15) is 0 Å². The van der Waals surface area contributed by atoms with Crippen LogP contribution in [0.4, 0.5) is 5.69 Å². The summed E-state index contributed by atoms with van der Waals surface area (Å²) in [7, 11) is 3.56. The van der Waals surface area contributed by atoms with Crippen molar-refractivity contribution < 1.29 is 14.3 Å². The van der Waals surface area contributed by atoms with Crippen LogP contribution in [-0.4, -0.2) is 62.0 Å². The number of rotatable bonds is 4. The fraction of sp³-hybridized carbons (Fsp3) is 0.304. The van der Waals surface area contributed by atoms with E-state index in [9.17, 15) is 9.59 Å². The van der Waals surface area contributed by atoms with Crippen molar-refractivity contribution in [2.45, 2.75) is 6.92 Å². The van der Waals surface area contributed by atoms with Gasteiger partial charge >= 0.3 is 0 Å². The van der Waals surface area contributed by atoms with Gasteiger partial charge in [-0.25, -0.2) is 4.90 Å². The van der Waals surface area contributed by atoms with Crippen LogP contribution in [0.1, 0.15) is 11.1 Å². The van der Waals surface area contributed by atoms with Crippen molar-refractivity contribution in [2.75, 3.05) is 45.2 Å². The van der Waals surface area contributed by atoms with E-state index in [4.69, 9.17) is 16.3 Å². The first-order chi connectivity index (χ1) is 14.4. The van der Waals surface area contributed by atoms with Crippen LogP contribution in [0, 0.1) is 6.92 Å². The Labute approximate surface area is 181 Å². The molecule has 7 heteroatoms. The van der Waals surface area contributed by atoms with Crippen LogP contribution in [0.15, 0.2) is 48.2 Å². The molecule has 6 nitrogen and oxygen atoms in total. The first-order valence-electron chi connectivity index (χ1n) is 9.88. The lowest BCUT2D eigenvalue weighted by atomic mass is 10.0. The summed E-state index contributed by atoms with van der Waals surface area (Å²) in [6.07, 6.45) is 0. The van der Waals surface area contributed by atoms with Crippen molar-refractivity contribution in [1.82, 2.24) is 9.80 Å². The Morgan fingerprint density at radius 2 is 1.60 bits per heavy atom. The molecular weight excluding hydrogens is 402 g/mol. The van der Waals surface area contributed by atoms with Crippen LogP contribution in [0.2, 0.25) is 5.02 Å². The predicted octanol–water partition coefficient (Wildman–Crippen LogP) is 3.19. The molecule has 0 aliphatic carbocycles. The Morgan fingerprint density at radius 3 is 2.23 bits per heavy atom. The molecule has 0 N–H and O–H groups in total. The third-order valence-corrected chi connectivity index (χ3v) is 5.84. The van der Waals surface area contributed by atoms with E-state index in [1.54, 1.807) is 18.2 Å². The van der Waals surface area contributed by atoms with E-state index < -0.39 is 0 Å². The van der Waals surface area contributed by atoms with Gasteiger partial charge in [-0.05, 0) is 37.7 Å². The summed E-state index contributed by atoms with van der Waals surface area (Å²) < 4.78 is 5.42. The van der Waals surface area contributed by atoms with Gasteiger partial charge in [-0.15, -0.1) is 0 Å². The molecule has 2 aromatic rings. The third kappa shape index (κ3) is 3.57. The van der Waals surface area contributed by atoms with E-state index in [1.165, 1.54) is 12.0 Å². The molecule has 2 aliphatic heterocycles. The van der Waals surface area contributed by atoms with E-state index in [0.29, 0.717) is 40.8 Å². The molecule has 2 amide bonds. The Hall–Kier alpha value is -2.83. The van der Waals surface area contributed by atoms with Crippen molar-refractivity contribution in [1.29, 1.82) is 0 Å². The number of carbonyl (C=O) groups is 2. The van der Waals surface area contributed by atoms with Gasteiger partial charge < -0.3 is 14.5 Å². The van der Waals surface area contributed by atoms with Crippen LogP contribution in [0.25, 0.3) is 5.57 Å². The fourth-order valence-electron chi connectivity index (χ4n) is 3.88. The first kappa shape index (κ1) is 20.4. The smallest absolute Gasteiger partial charge is 0.282 e. The number of aryl methyl sites for hydroxylation is 1. The summed E-state index contributed by atoms with van der Waals surface area (Å²) in [5.41, 5.74) is 3.04. The summed E-state index contributed by atoms with van der Waals surface area (Å²) in [4.78, 5) is 32.6. The highest BCUT2D eigenvalue weighted by molar-refractivity contribution is 6.46. The van der Waals surface area contributed by atoms with Crippen LogP contribution < -0.4 is 9.64 Å². The van der Waals surface area contributed by atoms with Gasteiger partial charge in [-0.1, -0.05) is 41.4 Å². The molecule has 0 saturated carbocycles. The standard InChI is InChI=1S/C23H24ClN3O3/c1-15-4-6-16(7-5-15)20-21(26-12-10-25(2)11-13-26)23(29)27(22(20)28)18-14-17(24)8-9-19(18)30-3/h4-9,14H,10-13H2,1-3H3. The van der Waals surface area contributed by atoms with Crippen molar-refractivity contribution in [3.63, 3.8) is 0 Å². The minimum absolute atomic E-state index is 0.347. The number of amides is 2. The minimum atomic E-state index is -0.363. The number of piperazine rings is 1. The topological polar surface area (TPSA) is 53.1 Å². The highest BCUT2D eigenvalue weighted by atomic mass is 35.5. The van der Waals surface area contributed by atoms with Crippen molar-refractivity contribution >= 4 is 34.7 Å². The molecule has 2 aliphatic rings. The zero-order valence-corrected chi connectivity index (χ0v) is 18.1. The highest BCUT2D eigenvalue weighted by Gasteiger charge is 2.43.